The Labute approximate surface area is 134 Å². The SMILES string of the molecule is Brc1ccc(NC2=N[C@@H](c3ccccc3)CC2)c(Br)n1. The van der Waals surface area contributed by atoms with Gasteiger partial charge in [0.05, 0.1) is 11.7 Å². The molecular formula is C15H13Br2N3. The zero-order valence-corrected chi connectivity index (χ0v) is 13.9. The quantitative estimate of drug-likeness (QED) is 0.731. The van der Waals surface area contributed by atoms with E-state index in [9.17, 15) is 0 Å². The number of hydrogen-bond acceptors (Lipinski definition) is 3. The van der Waals surface area contributed by atoms with Crippen LogP contribution >= 0.6 is 31.9 Å². The van der Waals surface area contributed by atoms with Crippen LogP contribution < -0.4 is 5.32 Å². The monoisotopic (exact) mass is 393 g/mol. The third kappa shape index (κ3) is 3.10. The Morgan fingerprint density at radius 2 is 1.85 bits per heavy atom. The van der Waals surface area contributed by atoms with Gasteiger partial charge in [-0.15, -0.1) is 0 Å². The van der Waals surface area contributed by atoms with E-state index in [1.807, 2.05) is 18.2 Å². The number of aromatic nitrogens is 1. The van der Waals surface area contributed by atoms with Crippen LogP contribution in [0.15, 0.2) is 56.7 Å². The molecule has 0 unspecified atom stereocenters. The molecule has 0 spiro atoms. The van der Waals surface area contributed by atoms with E-state index in [0.29, 0.717) is 0 Å². The smallest absolute Gasteiger partial charge is 0.130 e. The predicted octanol–water partition coefficient (Wildman–Crippen LogP) is 4.95. The van der Waals surface area contributed by atoms with Crippen LogP contribution in [0, 0.1) is 0 Å². The number of nitrogens with zero attached hydrogens (tertiary/aromatic N) is 2. The molecule has 1 aliphatic heterocycles. The number of anilines is 1. The summed E-state index contributed by atoms with van der Waals surface area (Å²) in [5, 5.41) is 3.36. The summed E-state index contributed by atoms with van der Waals surface area (Å²) in [4.78, 5) is 9.07. The number of pyridine rings is 1. The van der Waals surface area contributed by atoms with Crippen molar-refractivity contribution >= 4 is 43.4 Å². The minimum atomic E-state index is 0.265. The van der Waals surface area contributed by atoms with E-state index < -0.39 is 0 Å². The van der Waals surface area contributed by atoms with Crippen LogP contribution in [0.4, 0.5) is 5.69 Å². The summed E-state index contributed by atoms with van der Waals surface area (Å²) in [7, 11) is 0. The molecule has 1 aromatic heterocycles. The van der Waals surface area contributed by atoms with Crippen molar-refractivity contribution in [1.29, 1.82) is 0 Å². The third-order valence-electron chi connectivity index (χ3n) is 3.24. The molecule has 0 fully saturated rings. The van der Waals surface area contributed by atoms with E-state index in [1.54, 1.807) is 0 Å². The van der Waals surface area contributed by atoms with Crippen LogP contribution in [0.25, 0.3) is 0 Å². The fourth-order valence-electron chi connectivity index (χ4n) is 2.26. The average molecular weight is 395 g/mol. The maximum atomic E-state index is 4.76. The van der Waals surface area contributed by atoms with Crippen molar-refractivity contribution in [2.75, 3.05) is 5.32 Å². The molecule has 0 amide bonds. The predicted molar refractivity (Wildman–Crippen MR) is 89.1 cm³/mol. The van der Waals surface area contributed by atoms with Gasteiger partial charge in [-0.05, 0) is 56.0 Å². The van der Waals surface area contributed by atoms with Crippen LogP contribution in [-0.4, -0.2) is 10.8 Å². The maximum Gasteiger partial charge on any atom is 0.130 e. The molecule has 1 aromatic carbocycles. The van der Waals surface area contributed by atoms with Crippen molar-refractivity contribution in [1.82, 2.24) is 4.98 Å². The highest BCUT2D eigenvalue weighted by Gasteiger charge is 2.19. The second-order valence-electron chi connectivity index (χ2n) is 4.64. The Morgan fingerprint density at radius 1 is 1.05 bits per heavy atom. The number of aliphatic imine (C=N–C) groups is 1. The minimum absolute atomic E-state index is 0.265. The van der Waals surface area contributed by atoms with Gasteiger partial charge in [0.25, 0.3) is 0 Å². The molecule has 1 N–H and O–H groups in total. The molecule has 0 saturated heterocycles. The highest BCUT2D eigenvalue weighted by molar-refractivity contribution is 9.11. The summed E-state index contributed by atoms with van der Waals surface area (Å²) < 4.78 is 1.60. The fraction of sp³-hybridized carbons (Fsp3) is 0.200. The van der Waals surface area contributed by atoms with Gasteiger partial charge in [-0.2, -0.15) is 0 Å². The van der Waals surface area contributed by atoms with E-state index in [-0.39, 0.29) is 6.04 Å². The summed E-state index contributed by atoms with van der Waals surface area (Å²) in [6, 6.07) is 14.6. The van der Waals surface area contributed by atoms with Crippen molar-refractivity contribution < 1.29 is 0 Å². The summed E-state index contributed by atoms with van der Waals surface area (Å²) in [6.45, 7) is 0. The molecular weight excluding hydrogens is 382 g/mol. The van der Waals surface area contributed by atoms with E-state index in [4.69, 9.17) is 4.99 Å². The van der Waals surface area contributed by atoms with Crippen LogP contribution in [0.3, 0.4) is 0 Å². The van der Waals surface area contributed by atoms with Gasteiger partial charge in [-0.25, -0.2) is 4.98 Å². The highest BCUT2D eigenvalue weighted by Crippen LogP contribution is 2.30. The Kier molecular flexibility index (Phi) is 4.17. The lowest BCUT2D eigenvalue weighted by Crippen LogP contribution is -2.09. The topological polar surface area (TPSA) is 37.3 Å². The number of benzene rings is 1. The second kappa shape index (κ2) is 6.06. The van der Waals surface area contributed by atoms with E-state index >= 15 is 0 Å². The van der Waals surface area contributed by atoms with E-state index in [2.05, 4.69) is 66.4 Å². The van der Waals surface area contributed by atoms with Gasteiger partial charge >= 0.3 is 0 Å². The molecule has 1 atom stereocenters. The first-order valence-electron chi connectivity index (χ1n) is 6.43. The Morgan fingerprint density at radius 3 is 2.60 bits per heavy atom. The summed E-state index contributed by atoms with van der Waals surface area (Å²) in [5.74, 6) is 1.02. The molecule has 20 heavy (non-hydrogen) atoms. The van der Waals surface area contributed by atoms with Gasteiger partial charge in [0.15, 0.2) is 0 Å². The van der Waals surface area contributed by atoms with E-state index in [0.717, 1.165) is 33.6 Å². The standard InChI is InChI=1S/C15H13Br2N3/c16-13-8-6-12(15(17)20-13)19-14-9-7-11(18-14)10-4-2-1-3-5-10/h1-6,8,11H,7,9H2,(H,18,19)/t11-/m1/s1. The van der Waals surface area contributed by atoms with Gasteiger partial charge in [0, 0.05) is 6.42 Å². The normalized spacial score (nSPS) is 17.9. The van der Waals surface area contributed by atoms with Gasteiger partial charge < -0.3 is 5.32 Å². The Bertz CT molecular complexity index is 641. The molecule has 3 nitrogen and oxygen atoms in total. The summed E-state index contributed by atoms with van der Waals surface area (Å²) in [6.07, 6.45) is 2.01. The number of rotatable bonds is 2. The van der Waals surface area contributed by atoms with Crippen molar-refractivity contribution in [3.8, 4) is 0 Å². The Hall–Kier alpha value is -1.20. The first-order chi connectivity index (χ1) is 9.72. The minimum Gasteiger partial charge on any atom is -0.342 e. The van der Waals surface area contributed by atoms with Crippen LogP contribution in [-0.2, 0) is 0 Å². The number of halogens is 2. The molecule has 0 saturated carbocycles. The summed E-state index contributed by atoms with van der Waals surface area (Å²) in [5.41, 5.74) is 2.22. The molecule has 3 rings (SSSR count). The molecule has 0 radical (unpaired) electrons. The van der Waals surface area contributed by atoms with E-state index in [1.165, 1.54) is 5.56 Å². The molecule has 0 aliphatic carbocycles. The first-order valence-corrected chi connectivity index (χ1v) is 8.01. The largest absolute Gasteiger partial charge is 0.342 e. The zero-order valence-electron chi connectivity index (χ0n) is 10.7. The van der Waals surface area contributed by atoms with Gasteiger partial charge in [0.2, 0.25) is 0 Å². The first kappa shape index (κ1) is 13.8. The van der Waals surface area contributed by atoms with Crippen molar-refractivity contribution in [2.45, 2.75) is 18.9 Å². The molecule has 2 aromatic rings. The van der Waals surface area contributed by atoms with Crippen molar-refractivity contribution in [3.05, 3.63) is 57.2 Å². The molecule has 2 heterocycles. The lowest BCUT2D eigenvalue weighted by atomic mass is 10.1. The Balaban J connectivity index is 1.76. The lowest BCUT2D eigenvalue weighted by molar-refractivity contribution is 0.723. The van der Waals surface area contributed by atoms with Crippen molar-refractivity contribution in [2.24, 2.45) is 4.99 Å². The maximum absolute atomic E-state index is 4.76. The number of hydrogen-bond donors (Lipinski definition) is 1. The fourth-order valence-corrected chi connectivity index (χ4v) is 3.23. The second-order valence-corrected chi connectivity index (χ2v) is 6.20. The third-order valence-corrected chi connectivity index (χ3v) is 4.29. The molecule has 5 heteroatoms. The summed E-state index contributed by atoms with van der Waals surface area (Å²) >= 11 is 6.81. The van der Waals surface area contributed by atoms with Crippen LogP contribution in [0.1, 0.15) is 24.4 Å². The van der Waals surface area contributed by atoms with Gasteiger partial charge in [-0.1, -0.05) is 30.3 Å². The van der Waals surface area contributed by atoms with Gasteiger partial charge in [-0.3, -0.25) is 4.99 Å². The van der Waals surface area contributed by atoms with Crippen molar-refractivity contribution in [3.63, 3.8) is 0 Å². The number of amidine groups is 1. The van der Waals surface area contributed by atoms with Crippen LogP contribution in [0.2, 0.25) is 0 Å². The molecule has 0 bridgehead atoms. The molecule has 1 aliphatic rings. The average Bonchev–Trinajstić information content (AvgIpc) is 2.92. The lowest BCUT2D eigenvalue weighted by Gasteiger charge is -2.07. The van der Waals surface area contributed by atoms with Gasteiger partial charge in [0.1, 0.15) is 15.0 Å². The zero-order chi connectivity index (χ0) is 13.9. The molecule has 102 valence electrons. The number of nitrogens with one attached hydrogen (secondary N) is 1. The highest BCUT2D eigenvalue weighted by atomic mass is 79.9. The van der Waals surface area contributed by atoms with Crippen LogP contribution in [0.5, 0.6) is 0 Å².